The van der Waals surface area contributed by atoms with E-state index in [0.29, 0.717) is 6.42 Å². The van der Waals surface area contributed by atoms with Gasteiger partial charge in [0.1, 0.15) is 5.54 Å². The van der Waals surface area contributed by atoms with E-state index in [0.717, 1.165) is 0 Å². The Morgan fingerprint density at radius 3 is 1.93 bits per heavy atom. The maximum absolute atomic E-state index is 11.3. The van der Waals surface area contributed by atoms with E-state index >= 15 is 0 Å². The molecule has 2 unspecified atom stereocenters. The first-order chi connectivity index (χ1) is 6.57. The molecule has 15 heavy (non-hydrogen) atoms. The van der Waals surface area contributed by atoms with Crippen LogP contribution in [0.15, 0.2) is 0 Å². The molecule has 0 amide bonds. The van der Waals surface area contributed by atoms with E-state index in [1.54, 1.807) is 6.92 Å². The first-order valence-corrected chi connectivity index (χ1v) is 5.53. The van der Waals surface area contributed by atoms with Gasteiger partial charge < -0.3 is 5.11 Å². The van der Waals surface area contributed by atoms with E-state index in [-0.39, 0.29) is 11.5 Å². The van der Waals surface area contributed by atoms with Gasteiger partial charge in [0.05, 0.1) is 0 Å². The molecule has 0 fully saturated rings. The second kappa shape index (κ2) is 4.52. The molecular weight excluding hydrogens is 190 g/mol. The normalized spacial score (nSPS) is 18.7. The van der Waals surface area contributed by atoms with Crippen LogP contribution in [0.4, 0.5) is 0 Å². The van der Waals surface area contributed by atoms with Crippen molar-refractivity contribution in [2.75, 3.05) is 7.05 Å². The fraction of sp³-hybridized carbons (Fsp3) is 0.917. The highest BCUT2D eigenvalue weighted by Crippen LogP contribution is 2.29. The van der Waals surface area contributed by atoms with Crippen LogP contribution in [0.25, 0.3) is 0 Å². The average molecular weight is 215 g/mol. The number of carbonyl (C=O) groups is 1. The van der Waals surface area contributed by atoms with Crippen LogP contribution >= 0.6 is 0 Å². The zero-order valence-corrected chi connectivity index (χ0v) is 11.1. The first kappa shape index (κ1) is 14.4. The summed E-state index contributed by atoms with van der Waals surface area (Å²) in [6.45, 7) is 12.2. The molecule has 0 aromatic rings. The van der Waals surface area contributed by atoms with Crippen LogP contribution in [0, 0.1) is 5.41 Å². The third-order valence-corrected chi connectivity index (χ3v) is 3.76. The van der Waals surface area contributed by atoms with Gasteiger partial charge in [-0.2, -0.15) is 0 Å². The molecule has 0 aromatic heterocycles. The lowest BCUT2D eigenvalue weighted by Gasteiger charge is -2.44. The largest absolute Gasteiger partial charge is 0.480 e. The topological polar surface area (TPSA) is 40.5 Å². The van der Waals surface area contributed by atoms with Gasteiger partial charge in [-0.15, -0.1) is 0 Å². The van der Waals surface area contributed by atoms with Crippen LogP contribution < -0.4 is 0 Å². The molecule has 0 radical (unpaired) electrons. The van der Waals surface area contributed by atoms with Crippen molar-refractivity contribution in [2.24, 2.45) is 5.41 Å². The summed E-state index contributed by atoms with van der Waals surface area (Å²) in [6, 6.07) is 0.221. The minimum Gasteiger partial charge on any atom is -0.480 e. The van der Waals surface area contributed by atoms with Crippen LogP contribution in [0.1, 0.15) is 48.0 Å². The number of carboxylic acid groups (broad SMARTS) is 1. The number of carboxylic acids is 1. The number of aliphatic carboxylic acids is 1. The summed E-state index contributed by atoms with van der Waals surface area (Å²) >= 11 is 0. The fourth-order valence-corrected chi connectivity index (χ4v) is 1.56. The average Bonchev–Trinajstić information content (AvgIpc) is 2.12. The summed E-state index contributed by atoms with van der Waals surface area (Å²) < 4.78 is 0. The highest BCUT2D eigenvalue weighted by Gasteiger charge is 2.40. The maximum atomic E-state index is 11.3. The number of likely N-dealkylation sites (N-methyl/N-ethyl adjacent to an activating group) is 1. The summed E-state index contributed by atoms with van der Waals surface area (Å²) in [6.07, 6.45) is 0.610. The number of hydrogen-bond acceptors (Lipinski definition) is 2. The molecule has 0 rings (SSSR count). The summed E-state index contributed by atoms with van der Waals surface area (Å²) in [5, 5.41) is 9.28. The molecule has 2 atom stereocenters. The van der Waals surface area contributed by atoms with Gasteiger partial charge in [-0.25, -0.2) is 0 Å². The number of nitrogens with zero attached hydrogens (tertiary/aromatic N) is 1. The molecule has 0 bridgehead atoms. The van der Waals surface area contributed by atoms with Gasteiger partial charge in [0.25, 0.3) is 0 Å². The monoisotopic (exact) mass is 215 g/mol. The van der Waals surface area contributed by atoms with Gasteiger partial charge in [-0.05, 0) is 32.7 Å². The SMILES string of the molecule is CCC(C)(C(=O)O)N(C)C(C)C(C)(C)C. The van der Waals surface area contributed by atoms with E-state index in [4.69, 9.17) is 0 Å². The highest BCUT2D eigenvalue weighted by atomic mass is 16.4. The van der Waals surface area contributed by atoms with Crippen molar-refractivity contribution >= 4 is 5.97 Å². The molecule has 0 aliphatic heterocycles. The predicted molar refractivity (Wildman–Crippen MR) is 63.0 cm³/mol. The number of hydrogen-bond donors (Lipinski definition) is 1. The van der Waals surface area contributed by atoms with Crippen LogP contribution in [-0.2, 0) is 4.79 Å². The highest BCUT2D eigenvalue weighted by molar-refractivity contribution is 5.78. The molecular formula is C12H25NO2. The van der Waals surface area contributed by atoms with Crippen molar-refractivity contribution in [1.82, 2.24) is 4.90 Å². The molecule has 3 heteroatoms. The van der Waals surface area contributed by atoms with Crippen molar-refractivity contribution in [2.45, 2.75) is 59.5 Å². The van der Waals surface area contributed by atoms with Gasteiger partial charge in [-0.3, -0.25) is 9.69 Å². The third-order valence-electron chi connectivity index (χ3n) is 3.76. The summed E-state index contributed by atoms with van der Waals surface area (Å²) in [7, 11) is 1.90. The van der Waals surface area contributed by atoms with Crippen LogP contribution in [0.5, 0.6) is 0 Å². The van der Waals surface area contributed by atoms with Crippen molar-refractivity contribution in [3.05, 3.63) is 0 Å². The number of rotatable bonds is 4. The Morgan fingerprint density at radius 1 is 1.33 bits per heavy atom. The van der Waals surface area contributed by atoms with Crippen molar-refractivity contribution in [1.29, 1.82) is 0 Å². The summed E-state index contributed by atoms with van der Waals surface area (Å²) in [5.74, 6) is -0.747. The standard InChI is InChI=1S/C12H25NO2/c1-8-12(6,10(14)15)13(7)9(2)11(3,4)5/h9H,8H2,1-7H3,(H,14,15). The summed E-state index contributed by atoms with van der Waals surface area (Å²) in [5.41, 5.74) is -0.687. The Kier molecular flexibility index (Phi) is 4.35. The van der Waals surface area contributed by atoms with E-state index in [9.17, 15) is 9.90 Å². The minimum atomic E-state index is -0.771. The fourth-order valence-electron chi connectivity index (χ4n) is 1.56. The van der Waals surface area contributed by atoms with E-state index in [1.807, 2.05) is 18.9 Å². The first-order valence-electron chi connectivity index (χ1n) is 5.53. The maximum Gasteiger partial charge on any atom is 0.323 e. The zero-order valence-electron chi connectivity index (χ0n) is 11.1. The molecule has 90 valence electrons. The van der Waals surface area contributed by atoms with Gasteiger partial charge in [0.2, 0.25) is 0 Å². The molecule has 0 saturated carbocycles. The van der Waals surface area contributed by atoms with Gasteiger partial charge in [-0.1, -0.05) is 27.7 Å². The smallest absolute Gasteiger partial charge is 0.323 e. The lowest BCUT2D eigenvalue weighted by atomic mass is 9.83. The van der Waals surface area contributed by atoms with Gasteiger partial charge >= 0.3 is 5.97 Å². The van der Waals surface area contributed by atoms with E-state index in [1.165, 1.54) is 0 Å². The van der Waals surface area contributed by atoms with Gasteiger partial charge in [0, 0.05) is 6.04 Å². The zero-order chi connectivity index (χ0) is 12.4. The van der Waals surface area contributed by atoms with Crippen LogP contribution in [0.3, 0.4) is 0 Å². The second-order valence-electron chi connectivity index (χ2n) is 5.59. The lowest BCUT2D eigenvalue weighted by Crippen LogP contribution is -2.56. The van der Waals surface area contributed by atoms with E-state index in [2.05, 4.69) is 27.7 Å². The third kappa shape index (κ3) is 2.94. The Hall–Kier alpha value is -0.570. The molecule has 0 spiro atoms. The predicted octanol–water partition coefficient (Wildman–Crippen LogP) is 2.61. The quantitative estimate of drug-likeness (QED) is 0.783. The molecule has 0 aromatic carbocycles. The molecule has 3 nitrogen and oxygen atoms in total. The Balaban J connectivity index is 4.97. The van der Waals surface area contributed by atoms with Crippen molar-refractivity contribution in [3.63, 3.8) is 0 Å². The Bertz CT molecular complexity index is 232. The minimum absolute atomic E-state index is 0.0840. The lowest BCUT2D eigenvalue weighted by molar-refractivity contribution is -0.152. The van der Waals surface area contributed by atoms with Gasteiger partial charge in [0.15, 0.2) is 0 Å². The second-order valence-corrected chi connectivity index (χ2v) is 5.59. The molecule has 0 aliphatic rings. The molecule has 0 saturated heterocycles. The Labute approximate surface area is 93.5 Å². The Morgan fingerprint density at radius 2 is 1.73 bits per heavy atom. The molecule has 0 heterocycles. The van der Waals surface area contributed by atoms with Crippen LogP contribution in [0.2, 0.25) is 0 Å². The molecule has 0 aliphatic carbocycles. The van der Waals surface area contributed by atoms with Crippen molar-refractivity contribution < 1.29 is 9.90 Å². The van der Waals surface area contributed by atoms with E-state index < -0.39 is 11.5 Å². The summed E-state index contributed by atoms with van der Waals surface area (Å²) in [4.78, 5) is 13.3. The molecule has 1 N–H and O–H groups in total. The van der Waals surface area contributed by atoms with Crippen molar-refractivity contribution in [3.8, 4) is 0 Å². The van der Waals surface area contributed by atoms with Crippen LogP contribution in [-0.4, -0.2) is 34.6 Å².